The number of aryl methyl sites for hydroxylation is 1. The zero-order valence-electron chi connectivity index (χ0n) is 15.3. The molecule has 6 nitrogen and oxygen atoms in total. The quantitative estimate of drug-likeness (QED) is 0.644. The van der Waals surface area contributed by atoms with Gasteiger partial charge < -0.3 is 5.32 Å². The summed E-state index contributed by atoms with van der Waals surface area (Å²) in [5, 5.41) is 3.27. The van der Waals surface area contributed by atoms with Crippen LogP contribution < -0.4 is 10.0 Å². The molecule has 0 saturated heterocycles. The van der Waals surface area contributed by atoms with Gasteiger partial charge in [-0.2, -0.15) is 0 Å². The molecule has 0 aliphatic rings. The van der Waals surface area contributed by atoms with Gasteiger partial charge in [-0.25, -0.2) is 13.4 Å². The highest BCUT2D eigenvalue weighted by Crippen LogP contribution is 2.29. The number of anilines is 2. The maximum atomic E-state index is 12.8. The molecule has 2 N–H and O–H groups in total. The van der Waals surface area contributed by atoms with Gasteiger partial charge in [0.15, 0.2) is 5.13 Å². The monoisotopic (exact) mass is 403 g/mol. The van der Waals surface area contributed by atoms with Crippen molar-refractivity contribution in [2.75, 3.05) is 10.0 Å². The molecule has 1 amide bonds. The molecular weight excluding hydrogens is 382 g/mol. The second-order valence-electron chi connectivity index (χ2n) is 6.41. The second kappa shape index (κ2) is 7.66. The first-order valence-electron chi connectivity index (χ1n) is 8.62. The molecule has 1 aromatic heterocycles. The summed E-state index contributed by atoms with van der Waals surface area (Å²) in [4.78, 5) is 16.5. The van der Waals surface area contributed by atoms with Crippen LogP contribution in [0.4, 0.5) is 10.8 Å². The zero-order valence-corrected chi connectivity index (χ0v) is 16.9. The lowest BCUT2D eigenvalue weighted by Gasteiger charge is -2.11. The standard InChI is InChI=1S/C19H21N3O3S2/c1-4-13-7-5-6-8-17(13)27(24,25)22-14-9-10-16-15(11-14)20-19(26-16)21-18(23)12(2)3/h5-12,22H,4H2,1-3H3,(H,20,21,23). The summed E-state index contributed by atoms with van der Waals surface area (Å²) >= 11 is 1.35. The number of rotatable bonds is 6. The van der Waals surface area contributed by atoms with Crippen LogP contribution in [0.5, 0.6) is 0 Å². The Labute approximate surface area is 162 Å². The molecule has 0 aliphatic heterocycles. The normalized spacial score (nSPS) is 11.7. The fourth-order valence-electron chi connectivity index (χ4n) is 2.56. The van der Waals surface area contributed by atoms with Crippen molar-refractivity contribution >= 4 is 48.3 Å². The third-order valence-electron chi connectivity index (χ3n) is 4.04. The number of aromatic nitrogens is 1. The highest BCUT2D eigenvalue weighted by molar-refractivity contribution is 7.92. The number of nitrogens with zero attached hydrogens (tertiary/aromatic N) is 1. The van der Waals surface area contributed by atoms with Crippen molar-refractivity contribution in [3.63, 3.8) is 0 Å². The minimum Gasteiger partial charge on any atom is -0.302 e. The van der Waals surface area contributed by atoms with Crippen LogP contribution in [0.1, 0.15) is 26.3 Å². The summed E-state index contributed by atoms with van der Waals surface area (Å²) in [6.45, 7) is 5.54. The lowest BCUT2D eigenvalue weighted by atomic mass is 10.2. The van der Waals surface area contributed by atoms with Crippen molar-refractivity contribution in [1.29, 1.82) is 0 Å². The Hall–Kier alpha value is -2.45. The SMILES string of the molecule is CCc1ccccc1S(=O)(=O)Nc1ccc2sc(NC(=O)C(C)C)nc2c1. The lowest BCUT2D eigenvalue weighted by molar-refractivity contribution is -0.118. The molecule has 0 saturated carbocycles. The predicted molar refractivity (Wildman–Crippen MR) is 110 cm³/mol. The predicted octanol–water partition coefficient (Wildman–Crippen LogP) is 4.25. The number of thiazole rings is 1. The van der Waals surface area contributed by atoms with Crippen LogP contribution in [-0.4, -0.2) is 19.3 Å². The Bertz CT molecular complexity index is 1090. The molecule has 3 aromatic rings. The van der Waals surface area contributed by atoms with Gasteiger partial charge in [-0.15, -0.1) is 0 Å². The van der Waals surface area contributed by atoms with Crippen LogP contribution in [0, 0.1) is 5.92 Å². The van der Waals surface area contributed by atoms with Crippen molar-refractivity contribution < 1.29 is 13.2 Å². The van der Waals surface area contributed by atoms with E-state index in [4.69, 9.17) is 0 Å². The fourth-order valence-corrected chi connectivity index (χ4v) is 4.77. The Morgan fingerprint density at radius 2 is 1.93 bits per heavy atom. The van der Waals surface area contributed by atoms with E-state index in [-0.39, 0.29) is 16.7 Å². The summed E-state index contributed by atoms with van der Waals surface area (Å²) in [5.41, 5.74) is 1.82. The summed E-state index contributed by atoms with van der Waals surface area (Å²) in [6, 6.07) is 12.1. The number of benzene rings is 2. The topological polar surface area (TPSA) is 88.2 Å². The van der Waals surface area contributed by atoms with Crippen LogP contribution in [-0.2, 0) is 21.2 Å². The maximum absolute atomic E-state index is 12.8. The summed E-state index contributed by atoms with van der Waals surface area (Å²) in [5.74, 6) is -0.246. The number of sulfonamides is 1. The summed E-state index contributed by atoms with van der Waals surface area (Å²) in [7, 11) is -3.69. The van der Waals surface area contributed by atoms with Crippen LogP contribution in [0.3, 0.4) is 0 Å². The molecule has 0 spiro atoms. The zero-order chi connectivity index (χ0) is 19.6. The second-order valence-corrected chi connectivity index (χ2v) is 9.09. The highest BCUT2D eigenvalue weighted by atomic mass is 32.2. The number of hydrogen-bond acceptors (Lipinski definition) is 5. The number of carbonyl (C=O) groups excluding carboxylic acids is 1. The number of nitrogens with one attached hydrogen (secondary N) is 2. The van der Waals surface area contributed by atoms with Gasteiger partial charge >= 0.3 is 0 Å². The smallest absolute Gasteiger partial charge is 0.262 e. The fraction of sp³-hybridized carbons (Fsp3) is 0.263. The Morgan fingerprint density at radius 3 is 2.63 bits per heavy atom. The molecule has 0 bridgehead atoms. The maximum Gasteiger partial charge on any atom is 0.262 e. The molecule has 0 fully saturated rings. The molecule has 2 aromatic carbocycles. The Kier molecular flexibility index (Phi) is 5.48. The van der Waals surface area contributed by atoms with Crippen molar-refractivity contribution in [3.8, 4) is 0 Å². The number of amides is 1. The highest BCUT2D eigenvalue weighted by Gasteiger charge is 2.18. The number of fused-ring (bicyclic) bond motifs is 1. The Morgan fingerprint density at radius 1 is 1.19 bits per heavy atom. The summed E-state index contributed by atoms with van der Waals surface area (Å²) < 4.78 is 29.0. The number of carbonyl (C=O) groups is 1. The van der Waals surface area contributed by atoms with Crippen LogP contribution in [0.15, 0.2) is 47.4 Å². The third-order valence-corrected chi connectivity index (χ3v) is 6.47. The molecule has 0 unspecified atom stereocenters. The van der Waals surface area contributed by atoms with E-state index in [0.717, 1.165) is 10.3 Å². The molecule has 142 valence electrons. The molecule has 1 heterocycles. The van der Waals surface area contributed by atoms with Crippen LogP contribution >= 0.6 is 11.3 Å². The average Bonchev–Trinajstić information content (AvgIpc) is 3.02. The first-order valence-corrected chi connectivity index (χ1v) is 10.9. The van der Waals surface area contributed by atoms with E-state index in [1.807, 2.05) is 32.9 Å². The molecule has 8 heteroatoms. The van der Waals surface area contributed by atoms with Gasteiger partial charge in [-0.1, -0.05) is 50.3 Å². The van der Waals surface area contributed by atoms with E-state index in [1.165, 1.54) is 11.3 Å². The molecular formula is C19H21N3O3S2. The minimum atomic E-state index is -3.69. The van der Waals surface area contributed by atoms with Gasteiger partial charge in [-0.05, 0) is 36.2 Å². The van der Waals surface area contributed by atoms with Crippen LogP contribution in [0.25, 0.3) is 10.2 Å². The van der Waals surface area contributed by atoms with Gasteiger partial charge in [0.2, 0.25) is 5.91 Å². The molecule has 0 aliphatic carbocycles. The first-order chi connectivity index (χ1) is 12.8. The van der Waals surface area contributed by atoms with Crippen molar-refractivity contribution in [2.24, 2.45) is 5.92 Å². The molecule has 27 heavy (non-hydrogen) atoms. The van der Waals surface area contributed by atoms with Crippen LogP contribution in [0.2, 0.25) is 0 Å². The number of hydrogen-bond donors (Lipinski definition) is 2. The van der Waals surface area contributed by atoms with E-state index >= 15 is 0 Å². The average molecular weight is 404 g/mol. The van der Waals surface area contributed by atoms with E-state index in [2.05, 4.69) is 15.0 Å². The van der Waals surface area contributed by atoms with Gasteiger partial charge in [0.25, 0.3) is 10.0 Å². The van der Waals surface area contributed by atoms with Crippen molar-refractivity contribution in [2.45, 2.75) is 32.1 Å². The van der Waals surface area contributed by atoms with E-state index < -0.39 is 10.0 Å². The third kappa shape index (κ3) is 4.28. The molecule has 0 atom stereocenters. The van der Waals surface area contributed by atoms with E-state index in [0.29, 0.717) is 22.8 Å². The minimum absolute atomic E-state index is 0.105. The van der Waals surface area contributed by atoms with Gasteiger partial charge in [0.1, 0.15) is 0 Å². The summed E-state index contributed by atoms with van der Waals surface area (Å²) in [6.07, 6.45) is 0.626. The van der Waals surface area contributed by atoms with Gasteiger partial charge in [0, 0.05) is 5.92 Å². The van der Waals surface area contributed by atoms with Crippen molar-refractivity contribution in [1.82, 2.24) is 4.98 Å². The lowest BCUT2D eigenvalue weighted by Crippen LogP contribution is -2.17. The molecule has 3 rings (SSSR count). The molecule has 0 radical (unpaired) electrons. The largest absolute Gasteiger partial charge is 0.302 e. The van der Waals surface area contributed by atoms with Gasteiger partial charge in [0.05, 0.1) is 20.8 Å². The van der Waals surface area contributed by atoms with Crippen molar-refractivity contribution in [3.05, 3.63) is 48.0 Å². The Balaban J connectivity index is 1.88. The first kappa shape index (κ1) is 19.3. The van der Waals surface area contributed by atoms with E-state index in [9.17, 15) is 13.2 Å². The van der Waals surface area contributed by atoms with E-state index in [1.54, 1.807) is 30.3 Å². The van der Waals surface area contributed by atoms with Gasteiger partial charge in [-0.3, -0.25) is 9.52 Å².